The van der Waals surface area contributed by atoms with E-state index in [-0.39, 0.29) is 12.1 Å². The van der Waals surface area contributed by atoms with Crippen LogP contribution in [-0.2, 0) is 11.2 Å². The minimum atomic E-state index is -0.826. The van der Waals surface area contributed by atoms with Gasteiger partial charge in [0, 0.05) is 23.6 Å². The summed E-state index contributed by atoms with van der Waals surface area (Å²) in [5.41, 5.74) is 1.14. The van der Waals surface area contributed by atoms with Crippen molar-refractivity contribution in [3.63, 3.8) is 0 Å². The Morgan fingerprint density at radius 2 is 2.29 bits per heavy atom. The molecule has 1 saturated heterocycles. The fourth-order valence-electron chi connectivity index (χ4n) is 2.52. The van der Waals surface area contributed by atoms with E-state index >= 15 is 0 Å². The number of nitrogens with one attached hydrogen (secondary N) is 1. The maximum atomic E-state index is 12.1. The van der Waals surface area contributed by atoms with Crippen molar-refractivity contribution in [3.8, 4) is 0 Å². The molecule has 2 unspecified atom stereocenters. The standard InChI is InChI=1S/C15H19BrN2O3/c1-10(7-11-3-2-4-13(16)8-11)17-15(21)18-6-5-12(9-18)14(19)20/h2-4,8,10,12H,5-7,9H2,1H3,(H,17,21)(H,19,20). The van der Waals surface area contributed by atoms with Crippen molar-refractivity contribution in [2.24, 2.45) is 5.92 Å². The highest BCUT2D eigenvalue weighted by Crippen LogP contribution is 2.17. The zero-order valence-corrected chi connectivity index (χ0v) is 13.5. The summed E-state index contributed by atoms with van der Waals surface area (Å²) in [6.07, 6.45) is 1.27. The van der Waals surface area contributed by atoms with Crippen LogP contribution in [0.1, 0.15) is 18.9 Å². The van der Waals surface area contributed by atoms with Crippen LogP contribution in [0.5, 0.6) is 0 Å². The van der Waals surface area contributed by atoms with Gasteiger partial charge in [-0.15, -0.1) is 0 Å². The smallest absolute Gasteiger partial charge is 0.317 e. The Morgan fingerprint density at radius 1 is 1.52 bits per heavy atom. The third kappa shape index (κ3) is 4.46. The van der Waals surface area contributed by atoms with Crippen LogP contribution in [0, 0.1) is 5.92 Å². The zero-order valence-electron chi connectivity index (χ0n) is 11.9. The average Bonchev–Trinajstić information content (AvgIpc) is 2.88. The van der Waals surface area contributed by atoms with Gasteiger partial charge in [-0.05, 0) is 37.5 Å². The minimum absolute atomic E-state index is 0.00400. The number of likely N-dealkylation sites (tertiary alicyclic amines) is 1. The Bertz CT molecular complexity index is 535. The van der Waals surface area contributed by atoms with E-state index in [4.69, 9.17) is 5.11 Å². The lowest BCUT2D eigenvalue weighted by molar-refractivity contribution is -0.141. The molecule has 0 spiro atoms. The molecule has 0 aliphatic carbocycles. The zero-order chi connectivity index (χ0) is 15.4. The quantitative estimate of drug-likeness (QED) is 0.872. The number of carboxylic acid groups (broad SMARTS) is 1. The molecule has 0 saturated carbocycles. The summed E-state index contributed by atoms with van der Waals surface area (Å²) in [4.78, 5) is 24.6. The SMILES string of the molecule is CC(Cc1cccc(Br)c1)NC(=O)N1CCC(C(=O)O)C1. The van der Waals surface area contributed by atoms with Crippen LogP contribution in [0.25, 0.3) is 0 Å². The molecule has 1 fully saturated rings. The largest absolute Gasteiger partial charge is 0.481 e. The predicted molar refractivity (Wildman–Crippen MR) is 83.2 cm³/mol. The van der Waals surface area contributed by atoms with E-state index < -0.39 is 11.9 Å². The molecule has 2 amide bonds. The van der Waals surface area contributed by atoms with Crippen molar-refractivity contribution in [1.29, 1.82) is 0 Å². The van der Waals surface area contributed by atoms with Gasteiger partial charge in [0.15, 0.2) is 0 Å². The number of benzene rings is 1. The van der Waals surface area contributed by atoms with Gasteiger partial charge in [0.1, 0.15) is 0 Å². The van der Waals surface area contributed by atoms with Crippen LogP contribution in [0.2, 0.25) is 0 Å². The van der Waals surface area contributed by atoms with Gasteiger partial charge in [-0.3, -0.25) is 4.79 Å². The van der Waals surface area contributed by atoms with Crippen molar-refractivity contribution in [1.82, 2.24) is 10.2 Å². The van der Waals surface area contributed by atoms with Gasteiger partial charge in [-0.1, -0.05) is 28.1 Å². The molecule has 1 heterocycles. The number of nitrogens with zero attached hydrogens (tertiary/aromatic N) is 1. The predicted octanol–water partition coefficient (Wildman–Crippen LogP) is 2.50. The molecule has 0 aromatic heterocycles. The lowest BCUT2D eigenvalue weighted by Crippen LogP contribution is -2.43. The Kier molecular flexibility index (Phi) is 5.22. The van der Waals surface area contributed by atoms with Gasteiger partial charge in [0.25, 0.3) is 0 Å². The molecule has 0 radical (unpaired) electrons. The monoisotopic (exact) mass is 354 g/mol. The average molecular weight is 355 g/mol. The second kappa shape index (κ2) is 6.93. The number of halogens is 1. The highest BCUT2D eigenvalue weighted by molar-refractivity contribution is 9.10. The molecule has 114 valence electrons. The summed E-state index contributed by atoms with van der Waals surface area (Å²) < 4.78 is 1.02. The highest BCUT2D eigenvalue weighted by atomic mass is 79.9. The second-order valence-corrected chi connectivity index (χ2v) is 6.37. The van der Waals surface area contributed by atoms with E-state index in [1.807, 2.05) is 31.2 Å². The molecule has 0 bridgehead atoms. The summed E-state index contributed by atoms with van der Waals surface area (Å²) >= 11 is 3.43. The van der Waals surface area contributed by atoms with Crippen LogP contribution in [0.3, 0.4) is 0 Å². The van der Waals surface area contributed by atoms with Crippen LogP contribution < -0.4 is 5.32 Å². The second-order valence-electron chi connectivity index (χ2n) is 5.45. The Balaban J connectivity index is 1.84. The van der Waals surface area contributed by atoms with Gasteiger partial charge < -0.3 is 15.3 Å². The summed E-state index contributed by atoms with van der Waals surface area (Å²) in [5.74, 6) is -1.26. The first-order valence-corrected chi connectivity index (χ1v) is 7.77. The molecule has 5 nitrogen and oxygen atoms in total. The maximum absolute atomic E-state index is 12.1. The van der Waals surface area contributed by atoms with Gasteiger partial charge in [0.05, 0.1) is 5.92 Å². The summed E-state index contributed by atoms with van der Waals surface area (Å²) in [6, 6.07) is 7.79. The third-order valence-electron chi connectivity index (χ3n) is 3.63. The Morgan fingerprint density at radius 3 is 2.90 bits per heavy atom. The number of carboxylic acids is 1. The summed E-state index contributed by atoms with van der Waals surface area (Å²) in [6.45, 7) is 2.75. The first-order chi connectivity index (χ1) is 9.95. The van der Waals surface area contributed by atoms with Crippen LogP contribution in [0.15, 0.2) is 28.7 Å². The molecule has 1 aromatic rings. The molecule has 21 heavy (non-hydrogen) atoms. The normalized spacial score (nSPS) is 19.3. The minimum Gasteiger partial charge on any atom is -0.481 e. The number of rotatable bonds is 4. The number of hydrogen-bond acceptors (Lipinski definition) is 2. The molecular formula is C15H19BrN2O3. The first-order valence-electron chi connectivity index (χ1n) is 6.98. The molecule has 1 aliphatic heterocycles. The number of urea groups is 1. The topological polar surface area (TPSA) is 69.6 Å². The highest BCUT2D eigenvalue weighted by Gasteiger charge is 2.31. The fraction of sp³-hybridized carbons (Fsp3) is 0.467. The third-order valence-corrected chi connectivity index (χ3v) is 4.12. The number of carbonyl (C=O) groups is 2. The Hall–Kier alpha value is -1.56. The van der Waals surface area contributed by atoms with Crippen molar-refractivity contribution in [2.75, 3.05) is 13.1 Å². The molecular weight excluding hydrogens is 336 g/mol. The van der Waals surface area contributed by atoms with Crippen molar-refractivity contribution in [3.05, 3.63) is 34.3 Å². The number of amides is 2. The van der Waals surface area contributed by atoms with Crippen molar-refractivity contribution < 1.29 is 14.7 Å². The van der Waals surface area contributed by atoms with Gasteiger partial charge in [-0.25, -0.2) is 4.79 Å². The van der Waals surface area contributed by atoms with E-state index in [0.29, 0.717) is 19.5 Å². The molecule has 2 rings (SSSR count). The fourth-order valence-corrected chi connectivity index (χ4v) is 2.96. The van der Waals surface area contributed by atoms with E-state index in [1.54, 1.807) is 4.90 Å². The number of carbonyl (C=O) groups excluding carboxylic acids is 1. The summed E-state index contributed by atoms with van der Waals surface area (Å²) in [5, 5.41) is 11.9. The van der Waals surface area contributed by atoms with E-state index in [0.717, 1.165) is 16.5 Å². The molecule has 1 aliphatic rings. The van der Waals surface area contributed by atoms with Crippen LogP contribution in [0.4, 0.5) is 4.79 Å². The van der Waals surface area contributed by atoms with E-state index in [1.165, 1.54) is 0 Å². The van der Waals surface area contributed by atoms with Gasteiger partial charge in [-0.2, -0.15) is 0 Å². The maximum Gasteiger partial charge on any atom is 0.317 e. The first kappa shape index (κ1) is 15.8. The van der Waals surface area contributed by atoms with E-state index in [2.05, 4.69) is 21.2 Å². The number of aliphatic carboxylic acids is 1. The van der Waals surface area contributed by atoms with Gasteiger partial charge >= 0.3 is 12.0 Å². The summed E-state index contributed by atoms with van der Waals surface area (Å²) in [7, 11) is 0. The number of hydrogen-bond donors (Lipinski definition) is 2. The van der Waals surface area contributed by atoms with E-state index in [9.17, 15) is 9.59 Å². The van der Waals surface area contributed by atoms with Crippen LogP contribution in [-0.4, -0.2) is 41.1 Å². The van der Waals surface area contributed by atoms with Crippen LogP contribution >= 0.6 is 15.9 Å². The van der Waals surface area contributed by atoms with Crippen molar-refractivity contribution in [2.45, 2.75) is 25.8 Å². The lowest BCUT2D eigenvalue weighted by atomic mass is 10.1. The molecule has 2 N–H and O–H groups in total. The van der Waals surface area contributed by atoms with Crippen molar-refractivity contribution >= 4 is 27.9 Å². The lowest BCUT2D eigenvalue weighted by Gasteiger charge is -2.21. The molecule has 1 aromatic carbocycles. The molecule has 2 atom stereocenters. The molecule has 6 heteroatoms. The Labute approximate surface area is 132 Å². The van der Waals surface area contributed by atoms with Gasteiger partial charge in [0.2, 0.25) is 0 Å².